The molecule has 3 N–H and O–H groups in total. The van der Waals surface area contributed by atoms with Crippen LogP contribution in [0.2, 0.25) is 0 Å². The molecule has 0 heterocycles. The molecule has 1 aliphatic rings. The third-order valence-electron chi connectivity index (χ3n) is 4.29. The van der Waals surface area contributed by atoms with Crippen molar-refractivity contribution in [3.63, 3.8) is 0 Å². The van der Waals surface area contributed by atoms with Gasteiger partial charge in [0.2, 0.25) is 0 Å². The van der Waals surface area contributed by atoms with E-state index in [0.29, 0.717) is 23.7 Å². The van der Waals surface area contributed by atoms with Crippen LogP contribution in [0.3, 0.4) is 0 Å². The summed E-state index contributed by atoms with van der Waals surface area (Å²) in [5.74, 6) is 1.21. The smallest absolute Gasteiger partial charge is 0.251 e. The number of hydrogen-bond donors (Lipinski definition) is 2. The standard InChI is InChI=1S/C18H28N2O3.ClH/c1-3-4-11-23-16-10-5-13(12-17(16)22-2)18(21)20-15-8-6-14(19)7-9-15;/h5,10,12,14-15H,3-4,6-9,11,19H2,1-2H3,(H,20,21);1H. The van der Waals surface area contributed by atoms with Gasteiger partial charge in [-0.1, -0.05) is 13.3 Å². The van der Waals surface area contributed by atoms with Crippen molar-refractivity contribution in [2.45, 2.75) is 57.5 Å². The lowest BCUT2D eigenvalue weighted by molar-refractivity contribution is 0.0925. The molecular weight excluding hydrogens is 328 g/mol. The Kier molecular flexibility index (Phi) is 8.93. The number of unbranched alkanes of at least 4 members (excludes halogenated alkanes) is 1. The predicted molar refractivity (Wildman–Crippen MR) is 98.3 cm³/mol. The SMILES string of the molecule is CCCCOc1ccc(C(=O)NC2CCC(N)CC2)cc1OC.Cl. The molecule has 24 heavy (non-hydrogen) atoms. The molecule has 0 spiro atoms. The largest absolute Gasteiger partial charge is 0.493 e. The molecule has 0 aliphatic heterocycles. The molecule has 2 rings (SSSR count). The van der Waals surface area contributed by atoms with Crippen LogP contribution >= 0.6 is 12.4 Å². The molecule has 0 aromatic heterocycles. The van der Waals surface area contributed by atoms with Crippen molar-refractivity contribution < 1.29 is 14.3 Å². The first-order chi connectivity index (χ1) is 11.1. The Balaban J connectivity index is 0.00000288. The summed E-state index contributed by atoms with van der Waals surface area (Å²) in [6.07, 6.45) is 5.91. The minimum absolute atomic E-state index is 0. The van der Waals surface area contributed by atoms with Gasteiger partial charge < -0.3 is 20.5 Å². The van der Waals surface area contributed by atoms with E-state index < -0.39 is 0 Å². The van der Waals surface area contributed by atoms with Crippen LogP contribution in [-0.4, -0.2) is 31.7 Å². The molecule has 1 fully saturated rings. The molecule has 6 heteroatoms. The second kappa shape index (κ2) is 10.4. The number of nitrogens with two attached hydrogens (primary N) is 1. The van der Waals surface area contributed by atoms with Gasteiger partial charge in [-0.2, -0.15) is 0 Å². The molecule has 0 radical (unpaired) electrons. The van der Waals surface area contributed by atoms with Crippen LogP contribution in [0.4, 0.5) is 0 Å². The maximum Gasteiger partial charge on any atom is 0.251 e. The second-order valence-corrected chi connectivity index (χ2v) is 6.15. The highest BCUT2D eigenvalue weighted by atomic mass is 35.5. The molecular formula is C18H29ClN2O3. The summed E-state index contributed by atoms with van der Waals surface area (Å²) >= 11 is 0. The van der Waals surface area contributed by atoms with Gasteiger partial charge in [-0.3, -0.25) is 4.79 Å². The Labute approximate surface area is 150 Å². The summed E-state index contributed by atoms with van der Waals surface area (Å²) < 4.78 is 11.0. The maximum atomic E-state index is 12.4. The lowest BCUT2D eigenvalue weighted by Gasteiger charge is -2.26. The Morgan fingerprint density at radius 3 is 2.58 bits per heavy atom. The fourth-order valence-electron chi connectivity index (χ4n) is 2.79. The number of carbonyl (C=O) groups is 1. The zero-order valence-electron chi connectivity index (χ0n) is 14.5. The molecule has 0 saturated heterocycles. The highest BCUT2D eigenvalue weighted by Gasteiger charge is 2.21. The second-order valence-electron chi connectivity index (χ2n) is 6.15. The number of halogens is 1. The minimum atomic E-state index is -0.0659. The molecule has 136 valence electrons. The summed E-state index contributed by atoms with van der Waals surface area (Å²) in [5.41, 5.74) is 6.50. The highest BCUT2D eigenvalue weighted by molar-refractivity contribution is 5.95. The third kappa shape index (κ3) is 5.87. The summed E-state index contributed by atoms with van der Waals surface area (Å²) in [5, 5.41) is 3.09. The van der Waals surface area contributed by atoms with Crippen LogP contribution in [0, 0.1) is 0 Å². The van der Waals surface area contributed by atoms with Gasteiger partial charge in [0, 0.05) is 17.6 Å². The van der Waals surface area contributed by atoms with Crippen LogP contribution < -0.4 is 20.5 Å². The molecule has 0 atom stereocenters. The lowest BCUT2D eigenvalue weighted by atomic mass is 9.91. The number of amides is 1. The molecule has 5 nitrogen and oxygen atoms in total. The highest BCUT2D eigenvalue weighted by Crippen LogP contribution is 2.28. The normalized spacial score (nSPS) is 20.0. The summed E-state index contributed by atoms with van der Waals surface area (Å²) in [7, 11) is 1.59. The molecule has 0 bridgehead atoms. The summed E-state index contributed by atoms with van der Waals surface area (Å²) in [6, 6.07) is 5.83. The van der Waals surface area contributed by atoms with E-state index in [0.717, 1.165) is 38.5 Å². The van der Waals surface area contributed by atoms with Gasteiger partial charge in [-0.05, 0) is 50.3 Å². The Morgan fingerprint density at radius 1 is 1.25 bits per heavy atom. The molecule has 1 saturated carbocycles. The quantitative estimate of drug-likeness (QED) is 0.735. The number of carbonyl (C=O) groups excluding carboxylic acids is 1. The Hall–Kier alpha value is -1.46. The van der Waals surface area contributed by atoms with Crippen LogP contribution in [0.1, 0.15) is 55.8 Å². The number of nitrogens with one attached hydrogen (secondary N) is 1. The van der Waals surface area contributed by atoms with E-state index in [9.17, 15) is 4.79 Å². The summed E-state index contributed by atoms with van der Waals surface area (Å²) in [6.45, 7) is 2.77. The number of methoxy groups -OCH3 is 1. The molecule has 1 aromatic carbocycles. The fraction of sp³-hybridized carbons (Fsp3) is 0.611. The first kappa shape index (κ1) is 20.6. The van der Waals surface area contributed by atoms with E-state index in [1.807, 2.05) is 0 Å². The van der Waals surface area contributed by atoms with Gasteiger partial charge in [0.25, 0.3) is 5.91 Å². The number of hydrogen-bond acceptors (Lipinski definition) is 4. The van der Waals surface area contributed by atoms with Crippen molar-refractivity contribution in [3.8, 4) is 11.5 Å². The zero-order chi connectivity index (χ0) is 16.7. The van der Waals surface area contributed by atoms with Crippen molar-refractivity contribution in [1.29, 1.82) is 0 Å². The number of ether oxygens (including phenoxy) is 2. The van der Waals surface area contributed by atoms with Crippen LogP contribution in [-0.2, 0) is 0 Å². The fourth-order valence-corrected chi connectivity index (χ4v) is 2.79. The van der Waals surface area contributed by atoms with E-state index in [-0.39, 0.29) is 30.4 Å². The van der Waals surface area contributed by atoms with Gasteiger partial charge in [-0.25, -0.2) is 0 Å². The van der Waals surface area contributed by atoms with E-state index in [2.05, 4.69) is 12.2 Å². The Bertz CT molecular complexity index is 517. The van der Waals surface area contributed by atoms with Crippen molar-refractivity contribution in [2.24, 2.45) is 5.73 Å². The van der Waals surface area contributed by atoms with Crippen molar-refractivity contribution >= 4 is 18.3 Å². The van der Waals surface area contributed by atoms with Gasteiger partial charge >= 0.3 is 0 Å². The van der Waals surface area contributed by atoms with Gasteiger partial charge in [0.05, 0.1) is 13.7 Å². The third-order valence-corrected chi connectivity index (χ3v) is 4.29. The number of rotatable bonds is 7. The van der Waals surface area contributed by atoms with Crippen molar-refractivity contribution in [2.75, 3.05) is 13.7 Å². The van der Waals surface area contributed by atoms with Crippen molar-refractivity contribution in [1.82, 2.24) is 5.32 Å². The molecule has 1 aromatic rings. The molecule has 1 amide bonds. The predicted octanol–water partition coefficient (Wildman–Crippen LogP) is 3.30. The van der Waals surface area contributed by atoms with E-state index >= 15 is 0 Å². The van der Waals surface area contributed by atoms with E-state index in [1.165, 1.54) is 0 Å². The van der Waals surface area contributed by atoms with Crippen molar-refractivity contribution in [3.05, 3.63) is 23.8 Å². The van der Waals surface area contributed by atoms with Crippen LogP contribution in [0.5, 0.6) is 11.5 Å². The van der Waals surface area contributed by atoms with Crippen LogP contribution in [0.15, 0.2) is 18.2 Å². The average molecular weight is 357 g/mol. The zero-order valence-corrected chi connectivity index (χ0v) is 15.4. The lowest BCUT2D eigenvalue weighted by Crippen LogP contribution is -2.40. The van der Waals surface area contributed by atoms with Gasteiger partial charge in [0.1, 0.15) is 0 Å². The monoisotopic (exact) mass is 356 g/mol. The van der Waals surface area contributed by atoms with E-state index in [1.54, 1.807) is 25.3 Å². The molecule has 1 aliphatic carbocycles. The van der Waals surface area contributed by atoms with E-state index in [4.69, 9.17) is 15.2 Å². The topological polar surface area (TPSA) is 73.6 Å². The minimum Gasteiger partial charge on any atom is -0.493 e. The Morgan fingerprint density at radius 2 is 1.96 bits per heavy atom. The maximum absolute atomic E-state index is 12.4. The van der Waals surface area contributed by atoms with Gasteiger partial charge in [-0.15, -0.1) is 12.4 Å². The van der Waals surface area contributed by atoms with Crippen LogP contribution in [0.25, 0.3) is 0 Å². The first-order valence-corrected chi connectivity index (χ1v) is 8.51. The molecule has 0 unspecified atom stereocenters. The van der Waals surface area contributed by atoms with Gasteiger partial charge in [0.15, 0.2) is 11.5 Å². The summed E-state index contributed by atoms with van der Waals surface area (Å²) in [4.78, 5) is 12.4. The number of benzene rings is 1. The average Bonchev–Trinajstić information content (AvgIpc) is 2.57. The first-order valence-electron chi connectivity index (χ1n) is 8.51.